The van der Waals surface area contributed by atoms with Crippen molar-refractivity contribution in [1.29, 1.82) is 0 Å². The van der Waals surface area contributed by atoms with Gasteiger partial charge in [0.25, 0.3) is 0 Å². The maximum atomic E-state index is 13.2. The first kappa shape index (κ1) is 26.2. The number of carbonyl (C=O) groups is 1. The SMILES string of the molecule is CCC(Sc1nnc(-c2ccc(OC)cc2)c(-c2ccc(OC)cc2)n1)C(=O)Nc1cc(C)ccc1C. The summed E-state index contributed by atoms with van der Waals surface area (Å²) in [5.74, 6) is 1.42. The molecule has 0 saturated heterocycles. The van der Waals surface area contributed by atoms with Crippen molar-refractivity contribution in [1.82, 2.24) is 15.2 Å². The molecule has 1 aromatic heterocycles. The zero-order chi connectivity index (χ0) is 26.4. The minimum Gasteiger partial charge on any atom is -0.497 e. The molecule has 0 aliphatic rings. The Kier molecular flexibility index (Phi) is 8.40. The number of benzene rings is 3. The Balaban J connectivity index is 1.66. The lowest BCUT2D eigenvalue weighted by atomic mass is 10.0. The highest BCUT2D eigenvalue weighted by molar-refractivity contribution is 8.00. The number of methoxy groups -OCH3 is 2. The molecule has 1 heterocycles. The molecule has 190 valence electrons. The molecule has 4 rings (SSSR count). The molecular weight excluding hydrogens is 484 g/mol. The summed E-state index contributed by atoms with van der Waals surface area (Å²) in [6.45, 7) is 5.96. The summed E-state index contributed by atoms with van der Waals surface area (Å²) in [5.41, 5.74) is 5.98. The van der Waals surface area contributed by atoms with Crippen molar-refractivity contribution in [2.75, 3.05) is 19.5 Å². The van der Waals surface area contributed by atoms with Crippen molar-refractivity contribution in [2.24, 2.45) is 0 Å². The van der Waals surface area contributed by atoms with Crippen LogP contribution in [-0.2, 0) is 4.79 Å². The van der Waals surface area contributed by atoms with Gasteiger partial charge < -0.3 is 14.8 Å². The van der Waals surface area contributed by atoms with E-state index in [0.29, 0.717) is 23.0 Å². The number of thioether (sulfide) groups is 1. The zero-order valence-corrected chi connectivity index (χ0v) is 22.4. The van der Waals surface area contributed by atoms with Gasteiger partial charge in [-0.25, -0.2) is 4.98 Å². The predicted molar refractivity (Wildman–Crippen MR) is 148 cm³/mol. The van der Waals surface area contributed by atoms with Gasteiger partial charge in [-0.05, 0) is 86.0 Å². The summed E-state index contributed by atoms with van der Waals surface area (Å²) in [4.78, 5) is 18.0. The Hall–Kier alpha value is -3.91. The van der Waals surface area contributed by atoms with Gasteiger partial charge in [-0.2, -0.15) is 0 Å². The van der Waals surface area contributed by atoms with Crippen LogP contribution in [0, 0.1) is 13.8 Å². The van der Waals surface area contributed by atoms with Gasteiger partial charge in [-0.3, -0.25) is 4.79 Å². The molecule has 0 bridgehead atoms. The number of nitrogens with zero attached hydrogens (tertiary/aromatic N) is 3. The van der Waals surface area contributed by atoms with Gasteiger partial charge in [0, 0.05) is 16.8 Å². The van der Waals surface area contributed by atoms with Crippen molar-refractivity contribution < 1.29 is 14.3 Å². The number of nitrogens with one attached hydrogen (secondary N) is 1. The summed E-state index contributed by atoms with van der Waals surface area (Å²) < 4.78 is 10.6. The molecule has 1 N–H and O–H groups in total. The van der Waals surface area contributed by atoms with E-state index >= 15 is 0 Å². The fourth-order valence-electron chi connectivity index (χ4n) is 3.79. The van der Waals surface area contributed by atoms with Crippen molar-refractivity contribution in [3.05, 3.63) is 77.9 Å². The van der Waals surface area contributed by atoms with Crippen molar-refractivity contribution in [3.63, 3.8) is 0 Å². The fraction of sp³-hybridized carbons (Fsp3) is 0.241. The minimum atomic E-state index is -0.378. The average molecular weight is 515 g/mol. The number of ether oxygens (including phenoxy) is 2. The van der Waals surface area contributed by atoms with E-state index in [1.807, 2.05) is 87.5 Å². The van der Waals surface area contributed by atoms with Gasteiger partial charge >= 0.3 is 0 Å². The molecule has 4 aromatic rings. The first-order valence-corrected chi connectivity index (χ1v) is 12.9. The first-order valence-electron chi connectivity index (χ1n) is 12.0. The molecule has 1 amide bonds. The summed E-state index contributed by atoms with van der Waals surface area (Å²) in [7, 11) is 3.26. The summed E-state index contributed by atoms with van der Waals surface area (Å²) in [6.07, 6.45) is 0.614. The molecule has 7 nitrogen and oxygen atoms in total. The number of amides is 1. The zero-order valence-electron chi connectivity index (χ0n) is 21.6. The van der Waals surface area contributed by atoms with Crippen LogP contribution in [0.4, 0.5) is 5.69 Å². The highest BCUT2D eigenvalue weighted by Crippen LogP contribution is 2.33. The smallest absolute Gasteiger partial charge is 0.237 e. The van der Waals surface area contributed by atoms with E-state index in [0.717, 1.165) is 39.4 Å². The van der Waals surface area contributed by atoms with Gasteiger partial charge in [0.15, 0.2) is 0 Å². The van der Waals surface area contributed by atoms with Crippen LogP contribution >= 0.6 is 11.8 Å². The molecular formula is C29H30N4O3S. The third kappa shape index (κ3) is 6.27. The molecule has 3 aromatic carbocycles. The Labute approximate surface area is 221 Å². The Morgan fingerprint density at radius 3 is 2.03 bits per heavy atom. The average Bonchev–Trinajstić information content (AvgIpc) is 2.93. The number of rotatable bonds is 9. The van der Waals surface area contributed by atoms with Gasteiger partial charge in [0.1, 0.15) is 22.9 Å². The molecule has 0 aliphatic heterocycles. The van der Waals surface area contributed by atoms with E-state index in [9.17, 15) is 4.79 Å². The number of anilines is 1. The van der Waals surface area contributed by atoms with Crippen LogP contribution in [0.1, 0.15) is 24.5 Å². The largest absolute Gasteiger partial charge is 0.497 e. The lowest BCUT2D eigenvalue weighted by Crippen LogP contribution is -2.25. The minimum absolute atomic E-state index is 0.0879. The number of aromatic nitrogens is 3. The van der Waals surface area contributed by atoms with E-state index < -0.39 is 0 Å². The van der Waals surface area contributed by atoms with Gasteiger partial charge in [0.2, 0.25) is 11.1 Å². The molecule has 0 spiro atoms. The number of carbonyl (C=O) groups excluding carboxylic acids is 1. The molecule has 0 aliphatic carbocycles. The van der Waals surface area contributed by atoms with Crippen LogP contribution in [0.2, 0.25) is 0 Å². The molecule has 1 unspecified atom stereocenters. The number of aryl methyl sites for hydroxylation is 2. The summed E-state index contributed by atoms with van der Waals surface area (Å²) in [5, 5.41) is 12.1. The summed E-state index contributed by atoms with van der Waals surface area (Å²) >= 11 is 1.31. The van der Waals surface area contributed by atoms with E-state index in [1.165, 1.54) is 11.8 Å². The highest BCUT2D eigenvalue weighted by Gasteiger charge is 2.22. The van der Waals surface area contributed by atoms with Crippen molar-refractivity contribution in [3.8, 4) is 34.0 Å². The van der Waals surface area contributed by atoms with Crippen LogP contribution in [0.3, 0.4) is 0 Å². The standard InChI is InChI=1S/C29H30N4O3S/c1-6-25(28(34)30-24-17-18(2)7-8-19(24)3)37-29-31-26(20-9-13-22(35-4)14-10-20)27(32-33-29)21-11-15-23(36-5)16-12-21/h7-17,25H,6H2,1-5H3,(H,30,34). The van der Waals surface area contributed by atoms with Crippen molar-refractivity contribution >= 4 is 23.4 Å². The molecule has 37 heavy (non-hydrogen) atoms. The molecule has 1 atom stereocenters. The predicted octanol–water partition coefficient (Wildman–Crippen LogP) is 6.35. The van der Waals surface area contributed by atoms with E-state index in [2.05, 4.69) is 15.5 Å². The van der Waals surface area contributed by atoms with Crippen LogP contribution < -0.4 is 14.8 Å². The van der Waals surface area contributed by atoms with Crippen LogP contribution in [0.5, 0.6) is 11.5 Å². The van der Waals surface area contributed by atoms with Crippen LogP contribution in [0.25, 0.3) is 22.5 Å². The first-order chi connectivity index (χ1) is 17.9. The van der Waals surface area contributed by atoms with E-state index in [1.54, 1.807) is 14.2 Å². The molecule has 0 saturated carbocycles. The Morgan fingerprint density at radius 1 is 0.865 bits per heavy atom. The maximum absolute atomic E-state index is 13.2. The van der Waals surface area contributed by atoms with Crippen molar-refractivity contribution in [2.45, 2.75) is 37.6 Å². The topological polar surface area (TPSA) is 86.2 Å². The Bertz CT molecular complexity index is 1380. The lowest BCUT2D eigenvalue weighted by Gasteiger charge is -2.16. The normalized spacial score (nSPS) is 11.6. The third-order valence-corrected chi connectivity index (χ3v) is 7.17. The fourth-order valence-corrected chi connectivity index (χ4v) is 4.61. The maximum Gasteiger partial charge on any atom is 0.237 e. The van der Waals surface area contributed by atoms with Gasteiger partial charge in [0.05, 0.1) is 19.5 Å². The molecule has 8 heteroatoms. The highest BCUT2D eigenvalue weighted by atomic mass is 32.2. The Morgan fingerprint density at radius 2 is 1.46 bits per heavy atom. The second-order valence-corrected chi connectivity index (χ2v) is 9.74. The van der Waals surface area contributed by atoms with Crippen LogP contribution in [0.15, 0.2) is 71.9 Å². The second kappa shape index (κ2) is 11.9. The van der Waals surface area contributed by atoms with Gasteiger partial charge in [-0.1, -0.05) is 30.8 Å². The quantitative estimate of drug-likeness (QED) is 0.261. The van der Waals surface area contributed by atoms with Crippen LogP contribution in [-0.4, -0.2) is 40.6 Å². The summed E-state index contributed by atoms with van der Waals surface area (Å²) in [6, 6.07) is 21.3. The third-order valence-electron chi connectivity index (χ3n) is 5.96. The monoisotopic (exact) mass is 514 g/mol. The molecule has 0 radical (unpaired) electrons. The number of hydrogen-bond donors (Lipinski definition) is 1. The molecule has 0 fully saturated rings. The van der Waals surface area contributed by atoms with E-state index in [-0.39, 0.29) is 11.2 Å². The second-order valence-electron chi connectivity index (χ2n) is 8.57. The van der Waals surface area contributed by atoms with E-state index in [4.69, 9.17) is 14.5 Å². The lowest BCUT2D eigenvalue weighted by molar-refractivity contribution is -0.115. The number of hydrogen-bond acceptors (Lipinski definition) is 7. The van der Waals surface area contributed by atoms with Gasteiger partial charge in [-0.15, -0.1) is 10.2 Å².